The van der Waals surface area contributed by atoms with Crippen LogP contribution in [-0.4, -0.2) is 61.8 Å². The maximum Gasteiger partial charge on any atom is 0.435 e. The molecule has 4 aromatic heterocycles. The number of alkyl halides is 6. The summed E-state index contributed by atoms with van der Waals surface area (Å²) in [4.78, 5) is 0. The zero-order chi connectivity index (χ0) is 45.6. The molecule has 63 heavy (non-hydrogen) atoms. The first kappa shape index (κ1) is 46.0. The van der Waals surface area contributed by atoms with E-state index in [4.69, 9.17) is 9.47 Å². The van der Waals surface area contributed by atoms with Crippen LogP contribution in [0.2, 0.25) is 0 Å². The van der Waals surface area contributed by atoms with Gasteiger partial charge in [-0.2, -0.15) is 36.5 Å². The molecule has 0 aliphatic rings. The van der Waals surface area contributed by atoms with Crippen LogP contribution in [0.15, 0.2) is 85.2 Å². The number of methoxy groups -OCH3 is 1. The normalized spacial score (nSPS) is 12.9. The van der Waals surface area contributed by atoms with E-state index in [9.17, 15) is 40.2 Å². The SMILES string of the molecule is CCn1cc(Cc2cc(C(F)(F)F)nn2-c2ccc(F)cc2[C@@H](C)O)nn1.CCn1cc(Cc2cc(C(F)(F)F)nn2-c2ccc(F)cc2[C@@H](C)OCc2ccc(OC)cc2)nn1. The molecule has 0 aliphatic carbocycles. The third-order valence-corrected chi connectivity index (χ3v) is 9.67. The second kappa shape index (κ2) is 19.3. The molecule has 0 saturated heterocycles. The first-order chi connectivity index (χ1) is 29.9. The lowest BCUT2D eigenvalue weighted by Crippen LogP contribution is -2.12. The van der Waals surface area contributed by atoms with Crippen LogP contribution in [0, 0.1) is 11.6 Å². The predicted octanol–water partition coefficient (Wildman–Crippen LogP) is 8.80. The standard InChI is InChI=1S/C25H25F4N5O2.C17H17F4N5O/c1-4-33-14-19(30-32-33)12-20-13-24(25(27,28)29)31-34(20)23-10-7-18(26)11-22(23)16(2)36-15-17-5-8-21(35-3)9-6-17;1-3-25-9-12(22-24-25)7-13-8-16(17(19,20)21)23-26(13)15-5-4-11(18)6-14(15)10(2)27/h5-11,13-14,16H,4,12,15H2,1-3H3;4-6,8-10,27H,3,7H2,1-2H3/t16-;10-/m11/s1. The minimum absolute atomic E-state index is 0.0414. The summed E-state index contributed by atoms with van der Waals surface area (Å²) in [6.07, 6.45) is -7.65. The lowest BCUT2D eigenvalue weighted by molar-refractivity contribution is -0.142. The number of benzene rings is 3. The van der Waals surface area contributed by atoms with Crippen molar-refractivity contribution in [3.8, 4) is 17.1 Å². The predicted molar refractivity (Wildman–Crippen MR) is 211 cm³/mol. The largest absolute Gasteiger partial charge is 0.497 e. The second-order valence-corrected chi connectivity index (χ2v) is 14.2. The van der Waals surface area contributed by atoms with Gasteiger partial charge in [0.25, 0.3) is 0 Å². The van der Waals surface area contributed by atoms with E-state index in [1.54, 1.807) is 47.9 Å². The van der Waals surface area contributed by atoms with E-state index in [2.05, 4.69) is 30.8 Å². The van der Waals surface area contributed by atoms with Crippen LogP contribution < -0.4 is 4.74 Å². The van der Waals surface area contributed by atoms with Crippen LogP contribution >= 0.6 is 0 Å². The van der Waals surface area contributed by atoms with Crippen molar-refractivity contribution in [3.63, 3.8) is 0 Å². The Morgan fingerprint density at radius 1 is 0.651 bits per heavy atom. The van der Waals surface area contributed by atoms with Crippen molar-refractivity contribution in [1.82, 2.24) is 49.5 Å². The number of hydrogen-bond donors (Lipinski definition) is 1. The maximum absolute atomic E-state index is 14.3. The van der Waals surface area contributed by atoms with Crippen LogP contribution in [-0.2, 0) is 49.6 Å². The average Bonchev–Trinajstić information content (AvgIpc) is 4.08. The van der Waals surface area contributed by atoms with Crippen LogP contribution in [0.1, 0.15) is 90.8 Å². The zero-order valence-corrected chi connectivity index (χ0v) is 34.5. The van der Waals surface area contributed by atoms with Crippen molar-refractivity contribution >= 4 is 0 Å². The number of ether oxygens (including phenoxy) is 2. The molecule has 3 aromatic carbocycles. The summed E-state index contributed by atoms with van der Waals surface area (Å²) in [6.45, 7) is 8.21. The van der Waals surface area contributed by atoms with E-state index in [1.807, 2.05) is 26.0 Å². The van der Waals surface area contributed by atoms with Gasteiger partial charge >= 0.3 is 12.4 Å². The smallest absolute Gasteiger partial charge is 0.435 e. The molecular formula is C42H42F8N10O3. The Kier molecular flexibility index (Phi) is 14.1. The van der Waals surface area contributed by atoms with E-state index in [-0.39, 0.29) is 47.8 Å². The van der Waals surface area contributed by atoms with Crippen LogP contribution in [0.4, 0.5) is 35.1 Å². The number of nitrogens with zero attached hydrogens (tertiary/aromatic N) is 10. The molecule has 4 heterocycles. The van der Waals surface area contributed by atoms with Gasteiger partial charge in [-0.05, 0) is 93.9 Å². The quantitative estimate of drug-likeness (QED) is 0.106. The molecule has 0 fully saturated rings. The molecule has 1 N–H and O–H groups in total. The van der Waals surface area contributed by atoms with Gasteiger partial charge < -0.3 is 14.6 Å². The van der Waals surface area contributed by atoms with Crippen molar-refractivity contribution in [2.75, 3.05) is 7.11 Å². The van der Waals surface area contributed by atoms with Gasteiger partial charge in [0.2, 0.25) is 0 Å². The number of halogens is 8. The van der Waals surface area contributed by atoms with Crippen LogP contribution in [0.3, 0.4) is 0 Å². The Labute approximate surface area is 355 Å². The van der Waals surface area contributed by atoms with E-state index in [0.29, 0.717) is 35.8 Å². The van der Waals surface area contributed by atoms with Gasteiger partial charge in [0.05, 0.1) is 60.1 Å². The molecule has 334 valence electrons. The van der Waals surface area contributed by atoms with Crippen molar-refractivity contribution in [2.24, 2.45) is 0 Å². The molecule has 13 nitrogen and oxygen atoms in total. The average molecular weight is 887 g/mol. The Balaban J connectivity index is 0.000000219. The summed E-state index contributed by atoms with van der Waals surface area (Å²) in [5.74, 6) is -0.445. The Hall–Kier alpha value is -6.48. The fourth-order valence-electron chi connectivity index (χ4n) is 6.43. The molecule has 0 amide bonds. The van der Waals surface area contributed by atoms with E-state index in [0.717, 1.165) is 34.5 Å². The first-order valence-electron chi connectivity index (χ1n) is 19.5. The molecule has 7 aromatic rings. The first-order valence-corrected chi connectivity index (χ1v) is 19.5. The monoisotopic (exact) mass is 886 g/mol. The third-order valence-electron chi connectivity index (χ3n) is 9.67. The van der Waals surface area contributed by atoms with Crippen molar-refractivity contribution in [3.05, 3.63) is 148 Å². The van der Waals surface area contributed by atoms with E-state index in [1.165, 1.54) is 35.9 Å². The molecule has 0 saturated carbocycles. The minimum Gasteiger partial charge on any atom is -0.497 e. The highest BCUT2D eigenvalue weighted by molar-refractivity contribution is 5.46. The third kappa shape index (κ3) is 11.3. The van der Waals surface area contributed by atoms with Crippen LogP contribution in [0.25, 0.3) is 11.4 Å². The van der Waals surface area contributed by atoms with Gasteiger partial charge in [0, 0.05) is 49.5 Å². The van der Waals surface area contributed by atoms with Gasteiger partial charge in [-0.15, -0.1) is 10.2 Å². The molecule has 0 aliphatic heterocycles. The fourth-order valence-corrected chi connectivity index (χ4v) is 6.43. The minimum atomic E-state index is -4.66. The second-order valence-electron chi connectivity index (χ2n) is 14.2. The van der Waals surface area contributed by atoms with Crippen molar-refractivity contribution in [2.45, 2.75) is 84.8 Å². The molecule has 7 rings (SSSR count). The summed E-state index contributed by atoms with van der Waals surface area (Å²) in [5, 5.41) is 33.2. The zero-order valence-electron chi connectivity index (χ0n) is 34.5. The van der Waals surface area contributed by atoms with Gasteiger partial charge in [0.1, 0.15) is 17.4 Å². The summed E-state index contributed by atoms with van der Waals surface area (Å²) < 4.78 is 125. The van der Waals surface area contributed by atoms with E-state index >= 15 is 0 Å². The summed E-state index contributed by atoms with van der Waals surface area (Å²) in [5.41, 5.74) is 1.05. The molecule has 0 radical (unpaired) electrons. The molecule has 0 bridgehead atoms. The highest BCUT2D eigenvalue weighted by Gasteiger charge is 2.37. The van der Waals surface area contributed by atoms with E-state index < -0.39 is 47.6 Å². The highest BCUT2D eigenvalue weighted by Crippen LogP contribution is 2.34. The lowest BCUT2D eigenvalue weighted by atomic mass is 10.1. The Morgan fingerprint density at radius 3 is 1.52 bits per heavy atom. The van der Waals surface area contributed by atoms with Gasteiger partial charge in [-0.25, -0.2) is 18.1 Å². The number of aromatic nitrogens is 10. The molecule has 0 unspecified atom stereocenters. The number of rotatable bonds is 14. The Bertz CT molecular complexity index is 2610. The number of aliphatic hydroxyl groups excluding tert-OH is 1. The summed E-state index contributed by atoms with van der Waals surface area (Å²) in [7, 11) is 1.57. The number of aryl methyl sites for hydroxylation is 2. The maximum atomic E-state index is 14.3. The lowest BCUT2D eigenvalue weighted by Gasteiger charge is -2.19. The summed E-state index contributed by atoms with van der Waals surface area (Å²) >= 11 is 0. The number of aliphatic hydroxyl groups is 1. The Morgan fingerprint density at radius 2 is 1.11 bits per heavy atom. The summed E-state index contributed by atoms with van der Waals surface area (Å²) in [6, 6.07) is 16.4. The topological polar surface area (TPSA) is 136 Å². The van der Waals surface area contributed by atoms with Gasteiger partial charge in [0.15, 0.2) is 11.4 Å². The van der Waals surface area contributed by atoms with Gasteiger partial charge in [-0.1, -0.05) is 22.6 Å². The fraction of sp³-hybridized carbons (Fsp3) is 0.333. The van der Waals surface area contributed by atoms with Crippen molar-refractivity contribution in [1.29, 1.82) is 0 Å². The van der Waals surface area contributed by atoms with Crippen molar-refractivity contribution < 1.29 is 49.7 Å². The molecule has 2 atom stereocenters. The highest BCUT2D eigenvalue weighted by atomic mass is 19.4. The number of hydrogen-bond acceptors (Lipinski definition) is 9. The van der Waals surface area contributed by atoms with Gasteiger partial charge in [-0.3, -0.25) is 9.36 Å². The molecular weight excluding hydrogens is 845 g/mol. The van der Waals surface area contributed by atoms with Crippen LogP contribution in [0.5, 0.6) is 5.75 Å². The molecule has 21 heteroatoms. The molecule has 0 spiro atoms.